The summed E-state index contributed by atoms with van der Waals surface area (Å²) in [6, 6.07) is 31.2. The smallest absolute Gasteiger partial charge is 0.308 e. The first-order chi connectivity index (χ1) is 15.8. The van der Waals surface area contributed by atoms with Crippen molar-refractivity contribution in [1.82, 2.24) is 9.97 Å². The maximum absolute atomic E-state index is 12.4. The van der Waals surface area contributed by atoms with Gasteiger partial charge in [0.1, 0.15) is 0 Å². The number of urea groups is 1. The molecular formula is C27H18N4O. The number of benzene rings is 5. The van der Waals surface area contributed by atoms with E-state index in [0.29, 0.717) is 5.69 Å². The van der Waals surface area contributed by atoms with Crippen molar-refractivity contribution in [2.24, 2.45) is 0 Å². The van der Waals surface area contributed by atoms with Crippen molar-refractivity contribution in [3.63, 3.8) is 0 Å². The molecule has 1 aromatic heterocycles. The number of anilines is 2. The molecule has 0 aliphatic carbocycles. The Labute approximate surface area is 183 Å². The van der Waals surface area contributed by atoms with Gasteiger partial charge in [-0.1, -0.05) is 66.7 Å². The molecule has 5 aromatic carbocycles. The standard InChI is InChI=1S/C27H18N4O/c32-27(28-17-8-2-1-3-9-17)29-18-14-15-23-24(16-18)31-26-22-13-7-5-11-20(22)19-10-4-6-12-21(19)25(26)30-23/h1-16H,(H2,28,29,32). The van der Waals surface area contributed by atoms with E-state index in [1.165, 1.54) is 5.39 Å². The van der Waals surface area contributed by atoms with Crippen LogP contribution < -0.4 is 10.6 Å². The van der Waals surface area contributed by atoms with E-state index in [0.717, 1.165) is 43.9 Å². The summed E-state index contributed by atoms with van der Waals surface area (Å²) in [5, 5.41) is 10.2. The normalized spacial score (nSPS) is 11.2. The predicted octanol–water partition coefficient (Wildman–Crippen LogP) is 6.73. The third kappa shape index (κ3) is 3.08. The third-order valence-electron chi connectivity index (χ3n) is 5.61. The van der Waals surface area contributed by atoms with Crippen molar-refractivity contribution in [1.29, 1.82) is 0 Å². The van der Waals surface area contributed by atoms with Crippen molar-refractivity contribution < 1.29 is 4.79 Å². The molecule has 5 nitrogen and oxygen atoms in total. The molecule has 0 radical (unpaired) electrons. The van der Waals surface area contributed by atoms with Crippen LogP contribution in [-0.2, 0) is 0 Å². The average Bonchev–Trinajstić information content (AvgIpc) is 2.84. The van der Waals surface area contributed by atoms with Crippen LogP contribution in [0.25, 0.3) is 43.6 Å². The van der Waals surface area contributed by atoms with Gasteiger partial charge in [0.05, 0.1) is 22.1 Å². The Kier molecular flexibility index (Phi) is 4.18. The molecule has 1 heterocycles. The Morgan fingerprint density at radius 1 is 0.531 bits per heavy atom. The number of nitrogens with zero attached hydrogens (tertiary/aromatic N) is 2. The number of aromatic nitrogens is 2. The minimum Gasteiger partial charge on any atom is -0.308 e. The highest BCUT2D eigenvalue weighted by Crippen LogP contribution is 2.34. The zero-order chi connectivity index (χ0) is 21.5. The second kappa shape index (κ2) is 7.32. The van der Waals surface area contributed by atoms with Crippen LogP contribution in [0.3, 0.4) is 0 Å². The fraction of sp³-hybridized carbons (Fsp3) is 0. The molecule has 2 amide bonds. The molecule has 0 aliphatic rings. The maximum atomic E-state index is 12.4. The van der Waals surface area contributed by atoms with Gasteiger partial charge in [0, 0.05) is 22.1 Å². The van der Waals surface area contributed by atoms with Gasteiger partial charge in [-0.25, -0.2) is 14.8 Å². The molecule has 0 saturated heterocycles. The van der Waals surface area contributed by atoms with Gasteiger partial charge in [-0.15, -0.1) is 0 Å². The van der Waals surface area contributed by atoms with E-state index in [1.807, 2.05) is 72.8 Å². The second-order valence-electron chi connectivity index (χ2n) is 7.66. The fourth-order valence-corrected chi connectivity index (χ4v) is 4.17. The number of hydrogen-bond donors (Lipinski definition) is 2. The zero-order valence-corrected chi connectivity index (χ0v) is 17.0. The Bertz CT molecular complexity index is 1640. The quantitative estimate of drug-likeness (QED) is 0.244. The molecule has 6 aromatic rings. The summed E-state index contributed by atoms with van der Waals surface area (Å²) in [5.41, 5.74) is 4.65. The molecule has 2 N–H and O–H groups in total. The summed E-state index contributed by atoms with van der Waals surface area (Å²) in [5.74, 6) is 0. The number of fused-ring (bicyclic) bond motifs is 7. The summed E-state index contributed by atoms with van der Waals surface area (Å²) in [6.45, 7) is 0. The molecule has 0 fully saturated rings. The van der Waals surface area contributed by atoms with E-state index in [4.69, 9.17) is 9.97 Å². The molecule has 0 saturated carbocycles. The van der Waals surface area contributed by atoms with Gasteiger partial charge in [0.15, 0.2) is 0 Å². The van der Waals surface area contributed by atoms with E-state index >= 15 is 0 Å². The predicted molar refractivity (Wildman–Crippen MR) is 131 cm³/mol. The van der Waals surface area contributed by atoms with Gasteiger partial charge in [-0.3, -0.25) is 0 Å². The molecular weight excluding hydrogens is 396 g/mol. The van der Waals surface area contributed by atoms with Crippen LogP contribution in [0.5, 0.6) is 0 Å². The van der Waals surface area contributed by atoms with Crippen molar-refractivity contribution in [3.05, 3.63) is 97.1 Å². The lowest BCUT2D eigenvalue weighted by molar-refractivity contribution is 0.262. The fourth-order valence-electron chi connectivity index (χ4n) is 4.17. The lowest BCUT2D eigenvalue weighted by Crippen LogP contribution is -2.19. The molecule has 32 heavy (non-hydrogen) atoms. The van der Waals surface area contributed by atoms with Crippen LogP contribution in [0.4, 0.5) is 16.2 Å². The molecule has 0 bridgehead atoms. The highest BCUT2D eigenvalue weighted by atomic mass is 16.2. The van der Waals surface area contributed by atoms with Crippen molar-refractivity contribution in [3.8, 4) is 0 Å². The van der Waals surface area contributed by atoms with E-state index in [1.54, 1.807) is 0 Å². The van der Waals surface area contributed by atoms with Crippen LogP contribution in [0, 0.1) is 0 Å². The SMILES string of the molecule is O=C(Nc1ccccc1)Nc1ccc2nc3c4ccccc4c4ccccc4c3nc2c1. The topological polar surface area (TPSA) is 66.9 Å². The van der Waals surface area contributed by atoms with Crippen LogP contribution in [0.1, 0.15) is 0 Å². The average molecular weight is 414 g/mol. The highest BCUT2D eigenvalue weighted by Gasteiger charge is 2.12. The Hall–Kier alpha value is -4.51. The molecule has 152 valence electrons. The summed E-state index contributed by atoms with van der Waals surface area (Å²) in [7, 11) is 0. The Balaban J connectivity index is 1.47. The van der Waals surface area contributed by atoms with Gasteiger partial charge in [0.25, 0.3) is 0 Å². The number of hydrogen-bond acceptors (Lipinski definition) is 3. The lowest BCUT2D eigenvalue weighted by atomic mass is 9.99. The molecule has 5 heteroatoms. The Morgan fingerprint density at radius 3 is 1.72 bits per heavy atom. The minimum atomic E-state index is -0.305. The van der Waals surface area contributed by atoms with E-state index < -0.39 is 0 Å². The number of rotatable bonds is 2. The van der Waals surface area contributed by atoms with E-state index in [-0.39, 0.29) is 6.03 Å². The number of para-hydroxylation sites is 1. The maximum Gasteiger partial charge on any atom is 0.323 e. The number of carbonyl (C=O) groups excluding carboxylic acids is 1. The first-order valence-electron chi connectivity index (χ1n) is 10.4. The van der Waals surface area contributed by atoms with Crippen LogP contribution in [-0.4, -0.2) is 16.0 Å². The largest absolute Gasteiger partial charge is 0.323 e. The molecule has 0 unspecified atom stereocenters. The first kappa shape index (κ1) is 18.3. The summed E-state index contributed by atoms with van der Waals surface area (Å²) in [4.78, 5) is 22.3. The van der Waals surface area contributed by atoms with Gasteiger partial charge in [-0.2, -0.15) is 0 Å². The van der Waals surface area contributed by atoms with Crippen molar-refractivity contribution >= 4 is 61.0 Å². The van der Waals surface area contributed by atoms with E-state index in [2.05, 4.69) is 34.9 Å². The Morgan fingerprint density at radius 2 is 1.06 bits per heavy atom. The summed E-state index contributed by atoms with van der Waals surface area (Å²) < 4.78 is 0. The molecule has 0 atom stereocenters. The monoisotopic (exact) mass is 414 g/mol. The number of amides is 2. The highest BCUT2D eigenvalue weighted by molar-refractivity contribution is 6.23. The summed E-state index contributed by atoms with van der Waals surface area (Å²) >= 11 is 0. The van der Waals surface area contributed by atoms with Gasteiger partial charge in [0.2, 0.25) is 0 Å². The zero-order valence-electron chi connectivity index (χ0n) is 17.0. The third-order valence-corrected chi connectivity index (χ3v) is 5.61. The molecule has 0 aliphatic heterocycles. The second-order valence-corrected chi connectivity index (χ2v) is 7.66. The van der Waals surface area contributed by atoms with Gasteiger partial charge in [-0.05, 0) is 41.1 Å². The van der Waals surface area contributed by atoms with Crippen molar-refractivity contribution in [2.75, 3.05) is 10.6 Å². The van der Waals surface area contributed by atoms with Gasteiger partial charge < -0.3 is 10.6 Å². The lowest BCUT2D eigenvalue weighted by Gasteiger charge is -2.11. The van der Waals surface area contributed by atoms with E-state index in [9.17, 15) is 4.79 Å². The van der Waals surface area contributed by atoms with Crippen LogP contribution >= 0.6 is 0 Å². The van der Waals surface area contributed by atoms with Crippen molar-refractivity contribution in [2.45, 2.75) is 0 Å². The minimum absolute atomic E-state index is 0.305. The van der Waals surface area contributed by atoms with Gasteiger partial charge >= 0.3 is 6.03 Å². The first-order valence-corrected chi connectivity index (χ1v) is 10.4. The number of carbonyl (C=O) groups is 1. The molecule has 6 rings (SSSR count). The molecule has 0 spiro atoms. The summed E-state index contributed by atoms with van der Waals surface area (Å²) in [6.07, 6.45) is 0. The van der Waals surface area contributed by atoms with Crippen LogP contribution in [0.2, 0.25) is 0 Å². The number of nitrogens with one attached hydrogen (secondary N) is 2. The van der Waals surface area contributed by atoms with Crippen LogP contribution in [0.15, 0.2) is 97.1 Å².